The van der Waals surface area contributed by atoms with Crippen molar-refractivity contribution >= 4 is 16.9 Å². The van der Waals surface area contributed by atoms with Crippen LogP contribution in [0.25, 0.3) is 11.0 Å². The van der Waals surface area contributed by atoms with E-state index in [9.17, 15) is 13.6 Å². The van der Waals surface area contributed by atoms with Crippen LogP contribution in [0, 0.1) is 5.92 Å². The Morgan fingerprint density at radius 1 is 1.07 bits per heavy atom. The molecule has 0 radical (unpaired) electrons. The van der Waals surface area contributed by atoms with Crippen LogP contribution in [0.5, 0.6) is 0 Å². The summed E-state index contributed by atoms with van der Waals surface area (Å²) in [4.78, 5) is 19.0. The first-order valence-corrected chi connectivity index (χ1v) is 9.90. The van der Waals surface area contributed by atoms with Crippen LogP contribution in [0.3, 0.4) is 0 Å². The molecule has 1 aliphatic rings. The summed E-state index contributed by atoms with van der Waals surface area (Å²) in [7, 11) is 0. The lowest BCUT2D eigenvalue weighted by Crippen LogP contribution is -2.40. The fraction of sp³-hybridized carbons (Fsp3) is 0.364. The van der Waals surface area contributed by atoms with Gasteiger partial charge in [-0.25, -0.2) is 4.98 Å². The van der Waals surface area contributed by atoms with Gasteiger partial charge in [0.1, 0.15) is 5.82 Å². The molecular weight excluding hydrogens is 374 g/mol. The van der Waals surface area contributed by atoms with Gasteiger partial charge in [-0.15, -0.1) is 0 Å². The van der Waals surface area contributed by atoms with Gasteiger partial charge in [0, 0.05) is 12.5 Å². The zero-order valence-corrected chi connectivity index (χ0v) is 16.1. The standard InChI is InChI=1S/C22H24F2N4O/c23-22(24)28-19-9-5-4-8-18(19)26-20(28)15-27-12-10-17(11-13-27)21(29)25-14-16-6-2-1-3-7-16/h1-9,17,22H,10-15H2,(H,25,29). The number of amides is 1. The summed E-state index contributed by atoms with van der Waals surface area (Å²) < 4.78 is 28.2. The fourth-order valence-electron chi connectivity index (χ4n) is 3.91. The molecule has 0 unspecified atom stereocenters. The zero-order valence-electron chi connectivity index (χ0n) is 16.1. The highest BCUT2D eigenvalue weighted by molar-refractivity contribution is 5.78. The Hall–Kier alpha value is -2.80. The summed E-state index contributed by atoms with van der Waals surface area (Å²) in [6.07, 6.45) is 1.44. The number of halogens is 2. The second kappa shape index (κ2) is 8.69. The third kappa shape index (κ3) is 4.45. The van der Waals surface area contributed by atoms with Crippen LogP contribution >= 0.6 is 0 Å². The van der Waals surface area contributed by atoms with Crippen molar-refractivity contribution in [2.24, 2.45) is 5.92 Å². The van der Waals surface area contributed by atoms with Crippen LogP contribution in [0.2, 0.25) is 0 Å². The van der Waals surface area contributed by atoms with Crippen molar-refractivity contribution in [1.82, 2.24) is 19.8 Å². The van der Waals surface area contributed by atoms with Gasteiger partial charge in [-0.2, -0.15) is 8.78 Å². The van der Waals surface area contributed by atoms with E-state index < -0.39 is 6.55 Å². The van der Waals surface area contributed by atoms with Gasteiger partial charge in [-0.3, -0.25) is 14.3 Å². The third-order valence-corrected chi connectivity index (χ3v) is 5.50. The van der Waals surface area contributed by atoms with E-state index in [1.807, 2.05) is 30.3 Å². The van der Waals surface area contributed by atoms with E-state index in [2.05, 4.69) is 15.2 Å². The molecule has 0 bridgehead atoms. The van der Waals surface area contributed by atoms with E-state index >= 15 is 0 Å². The first kappa shape index (κ1) is 19.5. The number of hydrogen-bond donors (Lipinski definition) is 1. The third-order valence-electron chi connectivity index (χ3n) is 5.50. The number of carbonyl (C=O) groups is 1. The van der Waals surface area contributed by atoms with Crippen molar-refractivity contribution in [3.05, 3.63) is 66.0 Å². The molecule has 1 N–H and O–H groups in total. The molecule has 29 heavy (non-hydrogen) atoms. The predicted molar refractivity (Wildman–Crippen MR) is 107 cm³/mol. The molecule has 152 valence electrons. The molecule has 1 aromatic heterocycles. The first-order chi connectivity index (χ1) is 14.1. The van der Waals surface area contributed by atoms with Crippen LogP contribution in [0.15, 0.2) is 54.6 Å². The molecule has 1 amide bonds. The number of nitrogens with zero attached hydrogens (tertiary/aromatic N) is 3. The molecule has 0 saturated carbocycles. The van der Waals surface area contributed by atoms with Gasteiger partial charge in [-0.1, -0.05) is 42.5 Å². The number of imidazole rings is 1. The number of rotatable bonds is 6. The number of piperidine rings is 1. The topological polar surface area (TPSA) is 50.2 Å². The second-order valence-corrected chi connectivity index (χ2v) is 7.42. The van der Waals surface area contributed by atoms with E-state index in [1.165, 1.54) is 0 Å². The predicted octanol–water partition coefficient (Wildman–Crippen LogP) is 3.96. The zero-order chi connectivity index (χ0) is 20.2. The summed E-state index contributed by atoms with van der Waals surface area (Å²) in [5.74, 6) is 0.394. The van der Waals surface area contributed by atoms with E-state index in [4.69, 9.17) is 0 Å². The number of fused-ring (bicyclic) bond motifs is 1. The second-order valence-electron chi connectivity index (χ2n) is 7.42. The van der Waals surface area contributed by atoms with Crippen molar-refractivity contribution in [2.75, 3.05) is 13.1 Å². The summed E-state index contributed by atoms with van der Waals surface area (Å²) in [6, 6.07) is 16.8. The van der Waals surface area contributed by atoms with Gasteiger partial charge in [0.2, 0.25) is 5.91 Å². The van der Waals surface area contributed by atoms with Gasteiger partial charge >= 0.3 is 6.55 Å². The van der Waals surface area contributed by atoms with Crippen LogP contribution in [0.4, 0.5) is 8.78 Å². The van der Waals surface area contributed by atoms with Gasteiger partial charge in [0.15, 0.2) is 0 Å². The van der Waals surface area contributed by atoms with Crippen molar-refractivity contribution in [1.29, 1.82) is 0 Å². The monoisotopic (exact) mass is 398 g/mol. The average Bonchev–Trinajstić information content (AvgIpc) is 3.11. The molecular formula is C22H24F2N4O. The lowest BCUT2D eigenvalue weighted by Gasteiger charge is -2.31. The Morgan fingerprint density at radius 2 is 1.76 bits per heavy atom. The van der Waals surface area contributed by atoms with Crippen molar-refractivity contribution < 1.29 is 13.6 Å². The van der Waals surface area contributed by atoms with Crippen LogP contribution in [0.1, 0.15) is 30.8 Å². The maximum absolute atomic E-state index is 13.6. The molecule has 7 heteroatoms. The molecule has 0 atom stereocenters. The molecule has 5 nitrogen and oxygen atoms in total. The molecule has 0 aliphatic carbocycles. The number of aromatic nitrogens is 2. The SMILES string of the molecule is O=C(NCc1ccccc1)C1CCN(Cc2nc3ccccc3n2C(F)F)CC1. The molecule has 1 saturated heterocycles. The largest absolute Gasteiger partial charge is 0.352 e. The van der Waals surface area contributed by atoms with E-state index in [-0.39, 0.29) is 11.8 Å². The maximum atomic E-state index is 13.6. The quantitative estimate of drug-likeness (QED) is 0.684. The summed E-state index contributed by atoms with van der Waals surface area (Å²) in [5, 5.41) is 3.00. The molecule has 4 rings (SSSR count). The highest BCUT2D eigenvalue weighted by Gasteiger charge is 2.26. The van der Waals surface area contributed by atoms with E-state index in [0.717, 1.165) is 23.0 Å². The number of alkyl halides is 2. The Bertz CT molecular complexity index is 965. The summed E-state index contributed by atoms with van der Waals surface area (Å²) in [6.45, 7) is -0.361. The Balaban J connectivity index is 1.34. The van der Waals surface area contributed by atoms with Crippen LogP contribution in [-0.4, -0.2) is 33.4 Å². The normalized spacial score (nSPS) is 15.8. The Labute approximate surface area is 168 Å². The minimum Gasteiger partial charge on any atom is -0.352 e. The van der Waals surface area contributed by atoms with Crippen LogP contribution < -0.4 is 5.32 Å². The van der Waals surface area contributed by atoms with Gasteiger partial charge < -0.3 is 5.32 Å². The molecule has 1 aliphatic heterocycles. The van der Waals surface area contributed by atoms with Gasteiger partial charge in [-0.05, 0) is 43.6 Å². The number of nitrogens with one attached hydrogen (secondary N) is 1. The number of benzene rings is 2. The molecule has 0 spiro atoms. The van der Waals surface area contributed by atoms with Gasteiger partial charge in [0.05, 0.1) is 17.6 Å². The highest BCUT2D eigenvalue weighted by Crippen LogP contribution is 2.25. The molecule has 2 aromatic carbocycles. The number of carbonyl (C=O) groups excluding carboxylic acids is 1. The lowest BCUT2D eigenvalue weighted by atomic mass is 9.96. The van der Waals surface area contributed by atoms with Crippen molar-refractivity contribution in [3.8, 4) is 0 Å². The van der Waals surface area contributed by atoms with Crippen molar-refractivity contribution in [2.45, 2.75) is 32.5 Å². The summed E-state index contributed by atoms with van der Waals surface area (Å²) in [5.41, 5.74) is 2.11. The smallest absolute Gasteiger partial charge is 0.320 e. The number of likely N-dealkylation sites (tertiary alicyclic amines) is 1. The number of hydrogen-bond acceptors (Lipinski definition) is 3. The van der Waals surface area contributed by atoms with Crippen molar-refractivity contribution in [3.63, 3.8) is 0 Å². The first-order valence-electron chi connectivity index (χ1n) is 9.90. The van der Waals surface area contributed by atoms with Crippen LogP contribution in [-0.2, 0) is 17.9 Å². The molecule has 1 fully saturated rings. The fourth-order valence-corrected chi connectivity index (χ4v) is 3.91. The highest BCUT2D eigenvalue weighted by atomic mass is 19.3. The van der Waals surface area contributed by atoms with E-state index in [0.29, 0.717) is 43.0 Å². The minimum atomic E-state index is -2.63. The van der Waals surface area contributed by atoms with E-state index in [1.54, 1.807) is 24.3 Å². The summed E-state index contributed by atoms with van der Waals surface area (Å²) >= 11 is 0. The maximum Gasteiger partial charge on any atom is 0.320 e. The average molecular weight is 398 g/mol. The number of para-hydroxylation sites is 2. The Morgan fingerprint density at radius 3 is 2.48 bits per heavy atom. The Kier molecular flexibility index (Phi) is 5.85. The lowest BCUT2D eigenvalue weighted by molar-refractivity contribution is -0.126. The molecule has 3 aromatic rings. The molecule has 2 heterocycles. The van der Waals surface area contributed by atoms with Gasteiger partial charge in [0.25, 0.3) is 0 Å². The minimum absolute atomic E-state index is 0.0381.